The fourth-order valence-corrected chi connectivity index (χ4v) is 5.06. The van der Waals surface area contributed by atoms with Crippen LogP contribution < -0.4 is 10.1 Å². The van der Waals surface area contributed by atoms with Crippen LogP contribution in [-0.4, -0.2) is 67.6 Å². The molecule has 2 aliphatic carbocycles. The molecule has 2 aromatic heterocycles. The Labute approximate surface area is 192 Å². The van der Waals surface area contributed by atoms with Crippen LogP contribution in [0.4, 0.5) is 10.6 Å². The second kappa shape index (κ2) is 10.2. The van der Waals surface area contributed by atoms with Gasteiger partial charge in [0, 0.05) is 42.0 Å². The Morgan fingerprint density at radius 2 is 1.94 bits per heavy atom. The largest absolute Gasteiger partial charge is 0.481 e. The zero-order valence-corrected chi connectivity index (χ0v) is 18.7. The van der Waals surface area contributed by atoms with Gasteiger partial charge < -0.3 is 25.2 Å². The average Bonchev–Trinajstić information content (AvgIpc) is 3.45. The number of carbonyl (C=O) groups excluding carboxylic acids is 1. The van der Waals surface area contributed by atoms with Gasteiger partial charge in [0.2, 0.25) is 11.8 Å². The van der Waals surface area contributed by atoms with Gasteiger partial charge in [0.15, 0.2) is 5.82 Å². The van der Waals surface area contributed by atoms with Gasteiger partial charge in [-0.2, -0.15) is 5.10 Å². The van der Waals surface area contributed by atoms with E-state index in [1.54, 1.807) is 23.2 Å². The molecule has 0 bridgehead atoms. The van der Waals surface area contributed by atoms with Crippen LogP contribution in [-0.2, 0) is 11.2 Å². The van der Waals surface area contributed by atoms with Gasteiger partial charge in [0.1, 0.15) is 0 Å². The van der Waals surface area contributed by atoms with Gasteiger partial charge in [-0.25, -0.2) is 9.78 Å². The maximum atomic E-state index is 12.4. The van der Waals surface area contributed by atoms with Gasteiger partial charge in [-0.1, -0.05) is 6.07 Å². The molecular formula is C23H31N5O5. The Morgan fingerprint density at radius 3 is 2.61 bits per heavy atom. The normalized spacial score (nSPS) is 24.9. The summed E-state index contributed by atoms with van der Waals surface area (Å²) in [5, 5.41) is 29.6. The lowest BCUT2D eigenvalue weighted by molar-refractivity contribution is -0.115. The lowest BCUT2D eigenvalue weighted by Crippen LogP contribution is -2.47. The van der Waals surface area contributed by atoms with Crippen molar-refractivity contribution in [3.8, 4) is 5.88 Å². The standard InChI is InChI=1S/C23H31N5O5/c1-33-22-9-2-14(13-24-22)10-21(30)25-20-12-19(26-27-20)15-3-4-17(11-15)28(23(31)32)16-5-7-18(29)8-6-16/h2,9,12-13,15-18,29H,3-8,10-11H2,1H3,(H,31,32)(H2,25,26,27,30)/t15-,16-,17+,18+/m1/s1. The van der Waals surface area contributed by atoms with Crippen molar-refractivity contribution in [2.24, 2.45) is 0 Å². The number of rotatable bonds is 7. The first-order valence-corrected chi connectivity index (χ1v) is 11.5. The Morgan fingerprint density at radius 1 is 1.18 bits per heavy atom. The number of amides is 2. The number of methoxy groups -OCH3 is 1. The van der Waals surface area contributed by atoms with Gasteiger partial charge in [-0.15, -0.1) is 0 Å². The summed E-state index contributed by atoms with van der Waals surface area (Å²) in [4.78, 5) is 30.1. The molecule has 10 nitrogen and oxygen atoms in total. The summed E-state index contributed by atoms with van der Waals surface area (Å²) < 4.78 is 5.02. The molecule has 2 fully saturated rings. The van der Waals surface area contributed by atoms with E-state index in [4.69, 9.17) is 4.74 Å². The molecule has 0 aromatic carbocycles. The summed E-state index contributed by atoms with van der Waals surface area (Å²) in [5.74, 6) is 0.917. The van der Waals surface area contributed by atoms with Crippen molar-refractivity contribution < 1.29 is 24.5 Å². The molecule has 2 amide bonds. The summed E-state index contributed by atoms with van der Waals surface area (Å²) in [5.41, 5.74) is 1.68. The molecule has 33 heavy (non-hydrogen) atoms. The molecule has 4 rings (SSSR count). The molecular weight excluding hydrogens is 426 g/mol. The zero-order chi connectivity index (χ0) is 23.4. The highest BCUT2D eigenvalue weighted by Crippen LogP contribution is 2.39. The molecule has 4 N–H and O–H groups in total. The van der Waals surface area contributed by atoms with Crippen molar-refractivity contribution >= 4 is 17.8 Å². The van der Waals surface area contributed by atoms with Crippen LogP contribution in [0.15, 0.2) is 24.4 Å². The molecule has 2 atom stereocenters. The second-order valence-electron chi connectivity index (χ2n) is 8.96. The van der Waals surface area contributed by atoms with E-state index in [-0.39, 0.29) is 36.4 Å². The third-order valence-electron chi connectivity index (χ3n) is 6.76. The third kappa shape index (κ3) is 5.62. The number of nitrogens with zero attached hydrogens (tertiary/aromatic N) is 3. The van der Waals surface area contributed by atoms with Gasteiger partial charge in [0.25, 0.3) is 0 Å². The third-order valence-corrected chi connectivity index (χ3v) is 6.76. The van der Waals surface area contributed by atoms with Crippen LogP contribution in [0.2, 0.25) is 0 Å². The van der Waals surface area contributed by atoms with E-state index in [1.807, 2.05) is 6.07 Å². The number of pyridine rings is 1. The first-order chi connectivity index (χ1) is 15.9. The summed E-state index contributed by atoms with van der Waals surface area (Å²) in [6.07, 6.45) is 5.68. The molecule has 10 heteroatoms. The van der Waals surface area contributed by atoms with Crippen molar-refractivity contribution in [1.29, 1.82) is 0 Å². The van der Waals surface area contributed by atoms with Gasteiger partial charge in [-0.05, 0) is 50.5 Å². The number of hydrogen-bond donors (Lipinski definition) is 4. The Kier molecular flexibility index (Phi) is 7.12. The topological polar surface area (TPSA) is 141 Å². The molecule has 2 heterocycles. The number of aromatic amines is 1. The van der Waals surface area contributed by atoms with E-state index < -0.39 is 6.09 Å². The Balaban J connectivity index is 1.32. The molecule has 0 radical (unpaired) electrons. The average molecular weight is 458 g/mol. The Hall–Kier alpha value is -3.14. The second-order valence-corrected chi connectivity index (χ2v) is 8.96. The van der Waals surface area contributed by atoms with Gasteiger partial charge >= 0.3 is 6.09 Å². The molecule has 0 saturated heterocycles. The van der Waals surface area contributed by atoms with E-state index in [9.17, 15) is 19.8 Å². The first kappa shape index (κ1) is 23.0. The van der Waals surface area contributed by atoms with Crippen LogP contribution >= 0.6 is 0 Å². The first-order valence-electron chi connectivity index (χ1n) is 11.5. The van der Waals surface area contributed by atoms with Gasteiger partial charge in [-0.3, -0.25) is 9.89 Å². The number of aliphatic hydroxyl groups is 1. The van der Waals surface area contributed by atoms with E-state index in [2.05, 4.69) is 20.5 Å². The zero-order valence-electron chi connectivity index (χ0n) is 18.7. The highest BCUT2D eigenvalue weighted by molar-refractivity contribution is 5.91. The summed E-state index contributed by atoms with van der Waals surface area (Å²) >= 11 is 0. The maximum absolute atomic E-state index is 12.4. The van der Waals surface area contributed by atoms with E-state index >= 15 is 0 Å². The quantitative estimate of drug-likeness (QED) is 0.501. The van der Waals surface area contributed by atoms with E-state index in [0.717, 1.165) is 30.5 Å². The van der Waals surface area contributed by atoms with Crippen LogP contribution in [0.1, 0.15) is 62.1 Å². The van der Waals surface area contributed by atoms with Crippen LogP contribution in [0.3, 0.4) is 0 Å². The van der Waals surface area contributed by atoms with Crippen molar-refractivity contribution in [1.82, 2.24) is 20.1 Å². The highest BCUT2D eigenvalue weighted by Gasteiger charge is 2.38. The molecule has 0 aliphatic heterocycles. The van der Waals surface area contributed by atoms with Crippen molar-refractivity contribution in [2.45, 2.75) is 75.5 Å². The minimum atomic E-state index is -0.882. The molecule has 0 spiro atoms. The predicted octanol–water partition coefficient (Wildman–Crippen LogP) is 2.91. The van der Waals surface area contributed by atoms with E-state index in [1.165, 1.54) is 7.11 Å². The predicted molar refractivity (Wildman–Crippen MR) is 120 cm³/mol. The molecule has 0 unspecified atom stereocenters. The maximum Gasteiger partial charge on any atom is 0.407 e. The lowest BCUT2D eigenvalue weighted by atomic mass is 9.91. The SMILES string of the molecule is COc1ccc(CC(=O)Nc2cc([C@@H]3CC[C@H](N(C(=O)O)[C@H]4CC[C@@H](O)CC4)C3)[nH]n2)cn1. The number of aromatic nitrogens is 3. The number of H-pyrrole nitrogens is 1. The smallest absolute Gasteiger partial charge is 0.407 e. The minimum absolute atomic E-state index is 0.0290. The number of ether oxygens (including phenoxy) is 1. The summed E-state index contributed by atoms with van der Waals surface area (Å²) in [7, 11) is 1.54. The molecule has 2 saturated carbocycles. The van der Waals surface area contributed by atoms with Crippen molar-refractivity contribution in [2.75, 3.05) is 12.4 Å². The minimum Gasteiger partial charge on any atom is -0.481 e. The fraction of sp³-hybridized carbons (Fsp3) is 0.565. The number of nitrogens with one attached hydrogen (secondary N) is 2. The summed E-state index contributed by atoms with van der Waals surface area (Å²) in [6, 6.07) is 5.26. The van der Waals surface area contributed by atoms with Crippen LogP contribution in [0.25, 0.3) is 0 Å². The number of anilines is 1. The van der Waals surface area contributed by atoms with Crippen molar-refractivity contribution in [3.05, 3.63) is 35.7 Å². The van der Waals surface area contributed by atoms with Crippen LogP contribution in [0.5, 0.6) is 5.88 Å². The van der Waals surface area contributed by atoms with Crippen LogP contribution in [0, 0.1) is 0 Å². The number of carbonyl (C=O) groups is 2. The number of carboxylic acid groups (broad SMARTS) is 1. The highest BCUT2D eigenvalue weighted by atomic mass is 16.5. The molecule has 2 aliphatic rings. The lowest BCUT2D eigenvalue weighted by Gasteiger charge is -2.37. The number of aliphatic hydroxyl groups excluding tert-OH is 1. The summed E-state index contributed by atoms with van der Waals surface area (Å²) in [6.45, 7) is 0. The monoisotopic (exact) mass is 457 g/mol. The Bertz CT molecular complexity index is 954. The fourth-order valence-electron chi connectivity index (χ4n) is 5.06. The van der Waals surface area contributed by atoms with Gasteiger partial charge in [0.05, 0.1) is 19.6 Å². The number of hydrogen-bond acceptors (Lipinski definition) is 6. The molecule has 178 valence electrons. The van der Waals surface area contributed by atoms with E-state index in [0.29, 0.717) is 37.4 Å². The van der Waals surface area contributed by atoms with Crippen molar-refractivity contribution in [3.63, 3.8) is 0 Å². The molecule has 2 aromatic rings.